The third kappa shape index (κ3) is 10.8. The van der Waals surface area contributed by atoms with E-state index in [4.69, 9.17) is 33.2 Å². The first-order valence-electron chi connectivity index (χ1n) is 17.7. The van der Waals surface area contributed by atoms with Crippen LogP contribution in [0.1, 0.15) is 60.8 Å². The number of likely N-dealkylation sites (N-methyl/N-ethyl adjacent to an activating group) is 1. The summed E-state index contributed by atoms with van der Waals surface area (Å²) in [5.41, 5.74) is -1.85. The molecule has 0 aromatic heterocycles. The molecule has 15 atom stereocenters. The van der Waals surface area contributed by atoms with E-state index >= 15 is 0 Å². The molecule has 2 fully saturated rings. The molecule has 0 unspecified atom stereocenters. The number of aliphatic hydroxyl groups is 3. The molecule has 13 heteroatoms. The number of esters is 1. The van der Waals surface area contributed by atoms with Crippen LogP contribution >= 0.6 is 0 Å². The van der Waals surface area contributed by atoms with Crippen LogP contribution in [-0.2, 0) is 42.7 Å². The van der Waals surface area contributed by atoms with Gasteiger partial charge >= 0.3 is 5.97 Å². The van der Waals surface area contributed by atoms with E-state index in [1.54, 1.807) is 19.9 Å². The lowest BCUT2D eigenvalue weighted by molar-refractivity contribution is -0.310. The highest BCUT2D eigenvalue weighted by molar-refractivity contribution is 5.91. The van der Waals surface area contributed by atoms with E-state index in [1.165, 1.54) is 44.6 Å². The molecule has 3 N–H and O–H groups in total. The second-order valence-electron chi connectivity index (χ2n) is 14.4. The van der Waals surface area contributed by atoms with E-state index in [9.17, 15) is 24.9 Å². The van der Waals surface area contributed by atoms with E-state index < -0.39 is 66.9 Å². The first kappa shape index (κ1) is 42.4. The lowest BCUT2D eigenvalue weighted by atomic mass is 9.84. The fourth-order valence-electron chi connectivity index (χ4n) is 7.09. The fraction of sp³-hybridized carbons (Fsp3) is 0.784. The van der Waals surface area contributed by atoms with Crippen LogP contribution in [0.3, 0.4) is 0 Å². The van der Waals surface area contributed by atoms with Crippen LogP contribution in [0.25, 0.3) is 0 Å². The quantitative estimate of drug-likeness (QED) is 0.300. The summed E-state index contributed by atoms with van der Waals surface area (Å²) in [6.45, 7) is 10.7. The predicted octanol–water partition coefficient (Wildman–Crippen LogP) is 2.55. The summed E-state index contributed by atoms with van der Waals surface area (Å²) in [4.78, 5) is 28.5. The molecule has 0 amide bonds. The van der Waals surface area contributed by atoms with Crippen LogP contribution in [0.4, 0.5) is 0 Å². The van der Waals surface area contributed by atoms with Crippen molar-refractivity contribution in [2.75, 3.05) is 34.9 Å². The molecule has 0 bridgehead atoms. The molecule has 3 rings (SSSR count). The van der Waals surface area contributed by atoms with Gasteiger partial charge in [0.1, 0.15) is 36.1 Å². The van der Waals surface area contributed by atoms with E-state index in [1.807, 2.05) is 46.7 Å². The first-order chi connectivity index (χ1) is 23.6. The standard InChI is InChI=1S/C37H61NO12/c1-11-28-37(43,20-46-36-34(45-10)33(44-9)30(41)25(6)48-36)17-13-12-14-27(39)22(3)18-23(4)32(21(2)15-16-29(40)49-28)50-35-31(42)26(38(7)8)19-24(5)47-35/h12-17,21-26,28,30-36,41-43H,11,18-20H2,1-10H3/b14-12+,16-15+,17-13+/t21-,22-,23-,24-,25-,26+,28+,30-,31-,32-,33-,34-,35+,36-,37+/m1/s1. The van der Waals surface area contributed by atoms with Crippen LogP contribution in [-0.4, -0.2) is 140 Å². The van der Waals surface area contributed by atoms with Gasteiger partial charge in [-0.05, 0) is 65.3 Å². The number of ether oxygens (including phenoxy) is 7. The Morgan fingerprint density at radius 3 is 2.20 bits per heavy atom. The summed E-state index contributed by atoms with van der Waals surface area (Å²) in [6, 6.07) is -0.167. The van der Waals surface area contributed by atoms with Crippen molar-refractivity contribution in [2.45, 2.75) is 134 Å². The zero-order valence-electron chi connectivity index (χ0n) is 31.3. The van der Waals surface area contributed by atoms with Gasteiger partial charge < -0.3 is 53.4 Å². The third-order valence-corrected chi connectivity index (χ3v) is 10.1. The highest BCUT2D eigenvalue weighted by atomic mass is 16.7. The van der Waals surface area contributed by atoms with Crippen molar-refractivity contribution in [3.8, 4) is 0 Å². The molecule has 0 aliphatic carbocycles. The minimum absolute atomic E-state index is 0.110. The van der Waals surface area contributed by atoms with Gasteiger partial charge in [0.2, 0.25) is 0 Å². The molecular formula is C37H61NO12. The Labute approximate surface area is 297 Å². The molecule has 0 aromatic rings. The molecule has 3 heterocycles. The SMILES string of the molecule is CC[C@@H]1OC(=O)/C=C/[C@@H](C)[C@@H](O[C@@H]2O[C@H](C)C[C@H](N(C)C)[C@H]2O)[C@H](C)C[C@@H](C)C(=O)/C=C/C=C/[C@]1(O)CO[C@@H]1O[C@H](C)[C@@H](O)[C@@H](OC)[C@H]1OC. The molecule has 50 heavy (non-hydrogen) atoms. The Bertz CT molecular complexity index is 1180. The Morgan fingerprint density at radius 1 is 0.900 bits per heavy atom. The van der Waals surface area contributed by atoms with Crippen molar-refractivity contribution < 1.29 is 58.1 Å². The summed E-state index contributed by atoms with van der Waals surface area (Å²) < 4.78 is 41.3. The number of ketones is 1. The fourth-order valence-corrected chi connectivity index (χ4v) is 7.09. The first-order valence-corrected chi connectivity index (χ1v) is 17.7. The van der Waals surface area contributed by atoms with Crippen LogP contribution in [0, 0.1) is 17.8 Å². The number of aliphatic hydroxyl groups excluding tert-OH is 2. The van der Waals surface area contributed by atoms with Crippen molar-refractivity contribution in [3.63, 3.8) is 0 Å². The van der Waals surface area contributed by atoms with Gasteiger partial charge in [0.15, 0.2) is 18.4 Å². The average Bonchev–Trinajstić information content (AvgIpc) is 3.07. The van der Waals surface area contributed by atoms with Crippen LogP contribution in [0.5, 0.6) is 0 Å². The van der Waals surface area contributed by atoms with E-state index in [2.05, 4.69) is 0 Å². The lowest BCUT2D eigenvalue weighted by Gasteiger charge is -2.43. The van der Waals surface area contributed by atoms with Crippen LogP contribution in [0.2, 0.25) is 0 Å². The smallest absolute Gasteiger partial charge is 0.330 e. The molecule has 3 aliphatic rings. The minimum atomic E-state index is -1.85. The highest BCUT2D eigenvalue weighted by Gasteiger charge is 2.47. The molecule has 2 saturated heterocycles. The van der Waals surface area contributed by atoms with E-state index in [-0.39, 0.29) is 48.7 Å². The number of methoxy groups -OCH3 is 2. The maximum absolute atomic E-state index is 13.3. The third-order valence-electron chi connectivity index (χ3n) is 10.1. The zero-order valence-corrected chi connectivity index (χ0v) is 31.3. The number of nitrogens with zero attached hydrogens (tertiary/aromatic N) is 1. The van der Waals surface area contributed by atoms with Crippen molar-refractivity contribution in [3.05, 3.63) is 36.5 Å². The van der Waals surface area contributed by atoms with Crippen molar-refractivity contribution in [2.24, 2.45) is 17.8 Å². The summed E-state index contributed by atoms with van der Waals surface area (Å²) in [5.74, 6) is -1.66. The molecule has 0 spiro atoms. The topological polar surface area (TPSA) is 163 Å². The Morgan fingerprint density at radius 2 is 1.58 bits per heavy atom. The van der Waals surface area contributed by atoms with Crippen molar-refractivity contribution in [1.82, 2.24) is 4.90 Å². The number of hydrogen-bond acceptors (Lipinski definition) is 13. The Balaban J connectivity index is 1.90. The number of carbonyl (C=O) groups is 2. The maximum atomic E-state index is 13.3. The molecule has 3 aliphatic heterocycles. The van der Waals surface area contributed by atoms with Gasteiger partial charge in [-0.3, -0.25) is 4.79 Å². The zero-order chi connectivity index (χ0) is 37.3. The van der Waals surface area contributed by atoms with Gasteiger partial charge in [0, 0.05) is 38.2 Å². The second kappa shape index (κ2) is 19.2. The molecule has 0 radical (unpaired) electrons. The molecule has 0 saturated carbocycles. The van der Waals surface area contributed by atoms with Gasteiger partial charge in [-0.2, -0.15) is 0 Å². The highest BCUT2D eigenvalue weighted by Crippen LogP contribution is 2.32. The number of hydrogen-bond donors (Lipinski definition) is 3. The summed E-state index contributed by atoms with van der Waals surface area (Å²) in [7, 11) is 6.70. The molecule has 0 aromatic carbocycles. The number of carbonyl (C=O) groups excluding carboxylic acids is 2. The van der Waals surface area contributed by atoms with Crippen LogP contribution < -0.4 is 0 Å². The summed E-state index contributed by atoms with van der Waals surface area (Å²) >= 11 is 0. The van der Waals surface area contributed by atoms with Crippen LogP contribution in [0.15, 0.2) is 36.5 Å². The van der Waals surface area contributed by atoms with Crippen molar-refractivity contribution >= 4 is 11.8 Å². The number of allylic oxidation sites excluding steroid dienone is 3. The van der Waals surface area contributed by atoms with Gasteiger partial charge in [0.25, 0.3) is 0 Å². The van der Waals surface area contributed by atoms with E-state index in [0.717, 1.165) is 0 Å². The predicted molar refractivity (Wildman–Crippen MR) is 185 cm³/mol. The number of rotatable bonds is 9. The molecule has 13 nitrogen and oxygen atoms in total. The minimum Gasteiger partial charge on any atom is -0.456 e. The van der Waals surface area contributed by atoms with Gasteiger partial charge in [-0.1, -0.05) is 45.9 Å². The van der Waals surface area contributed by atoms with Gasteiger partial charge in [0.05, 0.1) is 24.9 Å². The Kier molecular flexibility index (Phi) is 16.2. The second-order valence-corrected chi connectivity index (χ2v) is 14.4. The largest absolute Gasteiger partial charge is 0.456 e. The van der Waals surface area contributed by atoms with Gasteiger partial charge in [-0.25, -0.2) is 4.79 Å². The molecule has 286 valence electrons. The number of cyclic esters (lactones) is 1. The lowest BCUT2D eigenvalue weighted by Crippen LogP contribution is -2.59. The normalized spacial score (nSPS) is 44.4. The monoisotopic (exact) mass is 711 g/mol. The maximum Gasteiger partial charge on any atom is 0.330 e. The molecular weight excluding hydrogens is 650 g/mol. The van der Waals surface area contributed by atoms with E-state index in [0.29, 0.717) is 12.8 Å². The summed E-state index contributed by atoms with van der Waals surface area (Å²) in [5, 5.41) is 33.7. The Hall–Kier alpha value is -2.04. The van der Waals surface area contributed by atoms with Crippen molar-refractivity contribution in [1.29, 1.82) is 0 Å². The van der Waals surface area contributed by atoms with Gasteiger partial charge in [-0.15, -0.1) is 0 Å². The average molecular weight is 712 g/mol. The summed E-state index contributed by atoms with van der Waals surface area (Å²) in [6.07, 6.45) is 2.53.